The summed E-state index contributed by atoms with van der Waals surface area (Å²) in [5.41, 5.74) is 2.61. The van der Waals surface area contributed by atoms with E-state index in [1.54, 1.807) is 0 Å². The van der Waals surface area contributed by atoms with Crippen molar-refractivity contribution in [2.24, 2.45) is 0 Å². The van der Waals surface area contributed by atoms with Gasteiger partial charge in [0.2, 0.25) is 0 Å². The van der Waals surface area contributed by atoms with Crippen LogP contribution in [0.5, 0.6) is 0 Å². The molecule has 76 valence electrons. The van der Waals surface area contributed by atoms with Gasteiger partial charge in [-0.3, -0.25) is 0 Å². The van der Waals surface area contributed by atoms with Gasteiger partial charge >= 0.3 is 0 Å². The Labute approximate surface area is 98.0 Å². The molecule has 0 bridgehead atoms. The first-order valence-corrected chi connectivity index (χ1v) is 6.02. The van der Waals surface area contributed by atoms with Gasteiger partial charge in [0.15, 0.2) is 0 Å². The molecule has 1 aliphatic heterocycles. The van der Waals surface area contributed by atoms with E-state index in [1.165, 1.54) is 17.5 Å². The maximum absolute atomic E-state index is 6.15. The summed E-state index contributed by atoms with van der Waals surface area (Å²) >= 11 is 9.64. The first-order chi connectivity index (χ1) is 6.68. The van der Waals surface area contributed by atoms with Crippen molar-refractivity contribution in [1.29, 1.82) is 0 Å². The Kier molecular flexibility index (Phi) is 3.15. The molecule has 1 atom stereocenters. The van der Waals surface area contributed by atoms with Crippen molar-refractivity contribution in [3.63, 3.8) is 0 Å². The van der Waals surface area contributed by atoms with Crippen molar-refractivity contribution in [1.82, 2.24) is 5.32 Å². The molecule has 0 aromatic heterocycles. The number of benzene rings is 1. The minimum absolute atomic E-state index is 0.630. The van der Waals surface area contributed by atoms with Gasteiger partial charge in [0.1, 0.15) is 0 Å². The molecule has 1 unspecified atom stereocenters. The van der Waals surface area contributed by atoms with E-state index in [2.05, 4.69) is 34.2 Å². The molecule has 1 aromatic carbocycles. The smallest absolute Gasteiger partial charge is 0.0449 e. The highest BCUT2D eigenvalue weighted by Crippen LogP contribution is 2.32. The number of hydrogen-bond acceptors (Lipinski definition) is 1. The molecule has 3 heteroatoms. The molecular weight excluding hydrogens is 261 g/mol. The molecule has 1 heterocycles. The van der Waals surface area contributed by atoms with E-state index in [-0.39, 0.29) is 0 Å². The molecule has 1 nitrogen and oxygen atoms in total. The molecule has 2 rings (SSSR count). The summed E-state index contributed by atoms with van der Waals surface area (Å²) in [5.74, 6) is 0.630. The van der Waals surface area contributed by atoms with Gasteiger partial charge in [0.05, 0.1) is 0 Å². The van der Waals surface area contributed by atoms with Gasteiger partial charge < -0.3 is 5.32 Å². The molecule has 1 fully saturated rings. The average Bonchev–Trinajstić information content (AvgIpc) is 2.63. The van der Waals surface area contributed by atoms with Crippen LogP contribution in [0.3, 0.4) is 0 Å². The van der Waals surface area contributed by atoms with E-state index in [0.717, 1.165) is 22.6 Å². The number of hydrogen-bond donors (Lipinski definition) is 1. The van der Waals surface area contributed by atoms with E-state index >= 15 is 0 Å². The Balaban J connectivity index is 2.40. The standard InChI is InChI=1S/C11H13BrClN/c1-7-10(8-2-3-14-6-8)4-9(12)5-11(7)13/h4-5,8,14H,2-3,6H2,1H3. The fraction of sp³-hybridized carbons (Fsp3) is 0.455. The lowest BCUT2D eigenvalue weighted by molar-refractivity contribution is 0.757. The highest BCUT2D eigenvalue weighted by molar-refractivity contribution is 9.10. The number of nitrogens with one attached hydrogen (secondary N) is 1. The number of rotatable bonds is 1. The second-order valence-corrected chi connectivity index (χ2v) is 5.11. The summed E-state index contributed by atoms with van der Waals surface area (Å²) in [6.07, 6.45) is 1.22. The van der Waals surface area contributed by atoms with Crippen LogP contribution in [0.1, 0.15) is 23.5 Å². The van der Waals surface area contributed by atoms with Gasteiger partial charge in [-0.05, 0) is 49.1 Å². The fourth-order valence-electron chi connectivity index (χ4n) is 2.01. The quantitative estimate of drug-likeness (QED) is 0.827. The van der Waals surface area contributed by atoms with Crippen molar-refractivity contribution < 1.29 is 0 Å². The van der Waals surface area contributed by atoms with Gasteiger partial charge in [-0.2, -0.15) is 0 Å². The van der Waals surface area contributed by atoms with E-state index in [4.69, 9.17) is 11.6 Å². The molecular formula is C11H13BrClN. The van der Waals surface area contributed by atoms with Crippen LogP contribution >= 0.6 is 27.5 Å². The summed E-state index contributed by atoms with van der Waals surface area (Å²) in [7, 11) is 0. The molecule has 0 aliphatic carbocycles. The maximum Gasteiger partial charge on any atom is 0.0449 e. The second kappa shape index (κ2) is 4.21. The summed E-state index contributed by atoms with van der Waals surface area (Å²) in [5, 5.41) is 4.24. The van der Waals surface area contributed by atoms with Crippen LogP contribution < -0.4 is 5.32 Å². The lowest BCUT2D eigenvalue weighted by atomic mass is 9.94. The highest BCUT2D eigenvalue weighted by atomic mass is 79.9. The molecule has 1 aliphatic rings. The van der Waals surface area contributed by atoms with E-state index in [9.17, 15) is 0 Å². The first-order valence-electron chi connectivity index (χ1n) is 4.84. The summed E-state index contributed by atoms with van der Waals surface area (Å²) in [4.78, 5) is 0. The van der Waals surface area contributed by atoms with Crippen molar-refractivity contribution in [3.05, 3.63) is 32.8 Å². The van der Waals surface area contributed by atoms with Gasteiger partial charge in [-0.15, -0.1) is 0 Å². The Hall–Kier alpha value is -0.0500. The van der Waals surface area contributed by atoms with Crippen LogP contribution in [0.15, 0.2) is 16.6 Å². The third-order valence-electron chi connectivity index (χ3n) is 2.85. The Morgan fingerprint density at radius 1 is 1.50 bits per heavy atom. The van der Waals surface area contributed by atoms with Gasteiger partial charge in [-0.1, -0.05) is 27.5 Å². The van der Waals surface area contributed by atoms with Crippen LogP contribution in [0.25, 0.3) is 0 Å². The van der Waals surface area contributed by atoms with E-state index in [1.807, 2.05) is 6.07 Å². The molecule has 1 saturated heterocycles. The SMILES string of the molecule is Cc1c(Cl)cc(Br)cc1C1CCNC1. The largest absolute Gasteiger partial charge is 0.316 e. The van der Waals surface area contributed by atoms with E-state index < -0.39 is 0 Å². The zero-order valence-electron chi connectivity index (χ0n) is 8.11. The zero-order valence-corrected chi connectivity index (χ0v) is 10.5. The summed E-state index contributed by atoms with van der Waals surface area (Å²) in [6.45, 7) is 4.30. The van der Waals surface area contributed by atoms with Crippen LogP contribution in [0, 0.1) is 6.92 Å². The Morgan fingerprint density at radius 2 is 2.29 bits per heavy atom. The van der Waals surface area contributed by atoms with Crippen molar-refractivity contribution in [2.45, 2.75) is 19.3 Å². The third-order valence-corrected chi connectivity index (χ3v) is 3.70. The molecule has 1 N–H and O–H groups in total. The van der Waals surface area contributed by atoms with Crippen LogP contribution in [-0.2, 0) is 0 Å². The van der Waals surface area contributed by atoms with Crippen LogP contribution in [0.4, 0.5) is 0 Å². The van der Waals surface area contributed by atoms with Crippen molar-refractivity contribution in [2.75, 3.05) is 13.1 Å². The Morgan fingerprint density at radius 3 is 2.93 bits per heavy atom. The summed E-state index contributed by atoms with van der Waals surface area (Å²) < 4.78 is 1.08. The minimum atomic E-state index is 0.630. The van der Waals surface area contributed by atoms with Gasteiger partial charge in [-0.25, -0.2) is 0 Å². The monoisotopic (exact) mass is 273 g/mol. The average molecular weight is 275 g/mol. The fourth-order valence-corrected chi connectivity index (χ4v) is 2.84. The second-order valence-electron chi connectivity index (χ2n) is 3.79. The molecule has 1 aromatic rings. The molecule has 0 spiro atoms. The maximum atomic E-state index is 6.15. The van der Waals surface area contributed by atoms with E-state index in [0.29, 0.717) is 5.92 Å². The lowest BCUT2D eigenvalue weighted by Crippen LogP contribution is -2.08. The number of halogens is 2. The third kappa shape index (κ3) is 1.97. The Bertz CT molecular complexity index is 345. The topological polar surface area (TPSA) is 12.0 Å². The van der Waals surface area contributed by atoms with Crippen molar-refractivity contribution in [3.8, 4) is 0 Å². The summed E-state index contributed by atoms with van der Waals surface area (Å²) in [6, 6.07) is 4.15. The van der Waals surface area contributed by atoms with Gasteiger partial charge in [0, 0.05) is 16.0 Å². The highest BCUT2D eigenvalue weighted by Gasteiger charge is 2.19. The zero-order chi connectivity index (χ0) is 10.1. The van der Waals surface area contributed by atoms with Crippen LogP contribution in [0.2, 0.25) is 5.02 Å². The predicted octanol–water partition coefficient (Wildman–Crippen LogP) is 3.49. The molecule has 0 radical (unpaired) electrons. The molecule has 0 amide bonds. The normalized spacial score (nSPS) is 21.5. The lowest BCUT2D eigenvalue weighted by Gasteiger charge is -2.14. The molecule has 14 heavy (non-hydrogen) atoms. The predicted molar refractivity (Wildman–Crippen MR) is 64.1 cm³/mol. The van der Waals surface area contributed by atoms with Crippen LogP contribution in [-0.4, -0.2) is 13.1 Å². The minimum Gasteiger partial charge on any atom is -0.316 e. The first kappa shape index (κ1) is 10.5. The van der Waals surface area contributed by atoms with Gasteiger partial charge in [0.25, 0.3) is 0 Å². The molecule has 0 saturated carbocycles. The van der Waals surface area contributed by atoms with Crippen molar-refractivity contribution >= 4 is 27.5 Å².